The van der Waals surface area contributed by atoms with Gasteiger partial charge in [0.15, 0.2) is 5.78 Å². The van der Waals surface area contributed by atoms with Crippen LogP contribution in [-0.4, -0.2) is 34.2 Å². The molecule has 1 saturated heterocycles. The number of carbonyl (C=O) groups excluding carboxylic acids is 2. The van der Waals surface area contributed by atoms with Crippen LogP contribution in [0.2, 0.25) is 0 Å². The molecule has 1 fully saturated rings. The van der Waals surface area contributed by atoms with Gasteiger partial charge in [-0.1, -0.05) is 30.3 Å². The number of nitriles is 1. The molecule has 6 nitrogen and oxygen atoms in total. The summed E-state index contributed by atoms with van der Waals surface area (Å²) in [6.07, 6.45) is 4.77. The molecular weight excluding hydrogens is 366 g/mol. The molecule has 6 heteroatoms. The van der Waals surface area contributed by atoms with Crippen LogP contribution in [0.1, 0.15) is 44.9 Å². The van der Waals surface area contributed by atoms with E-state index in [0.29, 0.717) is 48.7 Å². The van der Waals surface area contributed by atoms with Crippen LogP contribution >= 0.6 is 0 Å². The fourth-order valence-corrected chi connectivity index (χ4v) is 3.88. The molecule has 0 N–H and O–H groups in total. The van der Waals surface area contributed by atoms with Crippen molar-refractivity contribution < 1.29 is 14.0 Å². The molecule has 0 radical (unpaired) electrons. The Morgan fingerprint density at radius 2 is 1.72 bits per heavy atom. The van der Waals surface area contributed by atoms with Gasteiger partial charge in [-0.3, -0.25) is 14.2 Å². The standard InChI is InChI=1S/C23H21N3O3/c1-16-20(19(15-24)23(29-16)26-11-5-6-12-26)22(28)25-13-9-18(10-14-25)21(27)17-7-3-2-4-8-17/h2-8,11-12,18H,9-10,13-14H2,1H3. The van der Waals surface area contributed by atoms with Crippen molar-refractivity contribution >= 4 is 11.7 Å². The first-order valence-corrected chi connectivity index (χ1v) is 9.65. The highest BCUT2D eigenvalue weighted by atomic mass is 16.4. The summed E-state index contributed by atoms with van der Waals surface area (Å²) in [5.74, 6) is 0.611. The Morgan fingerprint density at radius 1 is 1.07 bits per heavy atom. The van der Waals surface area contributed by atoms with E-state index in [-0.39, 0.29) is 23.2 Å². The summed E-state index contributed by atoms with van der Waals surface area (Å²) in [4.78, 5) is 27.5. The van der Waals surface area contributed by atoms with Crippen LogP contribution in [0, 0.1) is 24.2 Å². The minimum absolute atomic E-state index is 0.0854. The Hall–Kier alpha value is -3.59. The second-order valence-electron chi connectivity index (χ2n) is 7.21. The summed E-state index contributed by atoms with van der Waals surface area (Å²) in [5, 5.41) is 9.66. The minimum Gasteiger partial charge on any atom is -0.443 e. The van der Waals surface area contributed by atoms with Gasteiger partial charge in [-0.25, -0.2) is 0 Å². The van der Waals surface area contributed by atoms with Crippen LogP contribution in [0.15, 0.2) is 59.3 Å². The van der Waals surface area contributed by atoms with Crippen molar-refractivity contribution in [3.05, 3.63) is 77.3 Å². The van der Waals surface area contributed by atoms with Crippen molar-refractivity contribution in [3.63, 3.8) is 0 Å². The molecule has 1 aliphatic rings. The molecule has 1 amide bonds. The van der Waals surface area contributed by atoms with E-state index < -0.39 is 0 Å². The molecule has 4 rings (SSSR count). The van der Waals surface area contributed by atoms with Crippen LogP contribution in [0.4, 0.5) is 0 Å². The molecule has 0 spiro atoms. The van der Waals surface area contributed by atoms with Gasteiger partial charge in [0, 0.05) is 37.0 Å². The van der Waals surface area contributed by atoms with E-state index in [1.807, 2.05) is 42.5 Å². The third-order valence-corrected chi connectivity index (χ3v) is 5.44. The molecule has 3 heterocycles. The summed E-state index contributed by atoms with van der Waals surface area (Å²) in [6.45, 7) is 2.67. The van der Waals surface area contributed by atoms with Crippen LogP contribution in [-0.2, 0) is 0 Å². The molecule has 0 aliphatic carbocycles. The van der Waals surface area contributed by atoms with Gasteiger partial charge >= 0.3 is 0 Å². The Balaban J connectivity index is 1.51. The van der Waals surface area contributed by atoms with Crippen LogP contribution < -0.4 is 0 Å². The lowest BCUT2D eigenvalue weighted by Gasteiger charge is -2.31. The van der Waals surface area contributed by atoms with E-state index in [1.54, 1.807) is 28.8 Å². The number of aromatic nitrogens is 1. The van der Waals surface area contributed by atoms with Crippen molar-refractivity contribution in [1.29, 1.82) is 5.26 Å². The molecule has 146 valence electrons. The number of hydrogen-bond acceptors (Lipinski definition) is 4. The Bertz CT molecular complexity index is 1070. The largest absolute Gasteiger partial charge is 0.443 e. The number of Topliss-reactive ketones (excluding diaryl/α,β-unsaturated/α-hetero) is 1. The summed E-state index contributed by atoms with van der Waals surface area (Å²) < 4.78 is 7.44. The maximum atomic E-state index is 13.2. The molecule has 0 unspecified atom stereocenters. The first kappa shape index (κ1) is 18.8. The topological polar surface area (TPSA) is 79.2 Å². The monoisotopic (exact) mass is 387 g/mol. The SMILES string of the molecule is Cc1oc(-n2cccc2)c(C#N)c1C(=O)N1CCC(C(=O)c2ccccc2)CC1. The number of furan rings is 1. The number of benzene rings is 1. The van der Waals surface area contributed by atoms with E-state index in [4.69, 9.17) is 4.42 Å². The third-order valence-electron chi connectivity index (χ3n) is 5.44. The lowest BCUT2D eigenvalue weighted by molar-refractivity contribution is 0.0648. The predicted molar refractivity (Wildman–Crippen MR) is 107 cm³/mol. The lowest BCUT2D eigenvalue weighted by atomic mass is 9.88. The first-order valence-electron chi connectivity index (χ1n) is 9.65. The minimum atomic E-state index is -0.216. The van der Waals surface area contributed by atoms with Gasteiger partial charge < -0.3 is 9.32 Å². The van der Waals surface area contributed by atoms with Gasteiger partial charge in [0.25, 0.3) is 5.91 Å². The first-order chi connectivity index (χ1) is 14.1. The summed E-state index contributed by atoms with van der Waals surface area (Å²) in [7, 11) is 0. The number of hydrogen-bond donors (Lipinski definition) is 0. The number of piperidine rings is 1. The summed E-state index contributed by atoms with van der Waals surface area (Å²) in [6, 6.07) is 15.1. The van der Waals surface area contributed by atoms with E-state index in [2.05, 4.69) is 6.07 Å². The van der Waals surface area contributed by atoms with Crippen molar-refractivity contribution in [2.24, 2.45) is 5.92 Å². The van der Waals surface area contributed by atoms with E-state index in [1.165, 1.54) is 0 Å². The fourth-order valence-electron chi connectivity index (χ4n) is 3.88. The van der Waals surface area contributed by atoms with E-state index in [9.17, 15) is 14.9 Å². The lowest BCUT2D eigenvalue weighted by Crippen LogP contribution is -2.40. The number of amides is 1. The van der Waals surface area contributed by atoms with Gasteiger partial charge in [0.2, 0.25) is 5.88 Å². The quantitative estimate of drug-likeness (QED) is 0.634. The summed E-state index contributed by atoms with van der Waals surface area (Å²) in [5.41, 5.74) is 1.27. The third kappa shape index (κ3) is 3.47. The van der Waals surface area contributed by atoms with Crippen molar-refractivity contribution in [2.75, 3.05) is 13.1 Å². The molecule has 1 aromatic carbocycles. The van der Waals surface area contributed by atoms with Crippen LogP contribution in [0.3, 0.4) is 0 Å². The molecule has 1 aliphatic heterocycles. The average Bonchev–Trinajstić information content (AvgIpc) is 3.41. The molecule has 0 atom stereocenters. The zero-order valence-electron chi connectivity index (χ0n) is 16.2. The maximum absolute atomic E-state index is 13.2. The zero-order valence-corrected chi connectivity index (χ0v) is 16.2. The average molecular weight is 387 g/mol. The number of carbonyl (C=O) groups is 2. The number of aryl methyl sites for hydroxylation is 1. The van der Waals surface area contributed by atoms with Gasteiger partial charge in [0.1, 0.15) is 23.0 Å². The molecule has 0 saturated carbocycles. The fraction of sp³-hybridized carbons (Fsp3) is 0.261. The molecule has 29 heavy (non-hydrogen) atoms. The normalized spacial score (nSPS) is 14.6. The number of ketones is 1. The van der Waals surface area contributed by atoms with Gasteiger partial charge in [-0.15, -0.1) is 0 Å². The van der Waals surface area contributed by atoms with Crippen LogP contribution in [0.5, 0.6) is 0 Å². The van der Waals surface area contributed by atoms with Crippen molar-refractivity contribution in [2.45, 2.75) is 19.8 Å². The number of rotatable bonds is 4. The van der Waals surface area contributed by atoms with Crippen molar-refractivity contribution in [1.82, 2.24) is 9.47 Å². The van der Waals surface area contributed by atoms with Crippen molar-refractivity contribution in [3.8, 4) is 12.0 Å². The molecular formula is C23H21N3O3. The Labute approximate surface area is 169 Å². The van der Waals surface area contributed by atoms with Gasteiger partial charge in [0.05, 0.1) is 0 Å². The smallest absolute Gasteiger partial charge is 0.258 e. The molecule has 0 bridgehead atoms. The number of nitrogens with zero attached hydrogens (tertiary/aromatic N) is 3. The Kier molecular flexibility index (Phi) is 5.05. The van der Waals surface area contributed by atoms with Gasteiger partial charge in [-0.2, -0.15) is 5.26 Å². The van der Waals surface area contributed by atoms with E-state index >= 15 is 0 Å². The predicted octanol–water partition coefficient (Wildman–Crippen LogP) is 3.99. The van der Waals surface area contributed by atoms with E-state index in [0.717, 1.165) is 0 Å². The molecule has 3 aromatic rings. The second kappa shape index (κ2) is 7.80. The highest BCUT2D eigenvalue weighted by Gasteiger charge is 2.32. The highest BCUT2D eigenvalue weighted by Crippen LogP contribution is 2.29. The Morgan fingerprint density at radius 3 is 2.34 bits per heavy atom. The highest BCUT2D eigenvalue weighted by molar-refractivity contribution is 6.00. The summed E-state index contributed by atoms with van der Waals surface area (Å²) >= 11 is 0. The zero-order chi connectivity index (χ0) is 20.4. The van der Waals surface area contributed by atoms with Gasteiger partial charge in [-0.05, 0) is 31.9 Å². The molecule has 2 aromatic heterocycles. The second-order valence-corrected chi connectivity index (χ2v) is 7.21. The number of likely N-dealkylation sites (tertiary alicyclic amines) is 1. The maximum Gasteiger partial charge on any atom is 0.258 e. The van der Waals surface area contributed by atoms with Crippen LogP contribution in [0.25, 0.3) is 5.88 Å².